The molecule has 116 valence electrons. The minimum absolute atomic E-state index is 0.0732. The minimum Gasteiger partial charge on any atom is -0.396 e. The quantitative estimate of drug-likeness (QED) is 0.871. The third kappa shape index (κ3) is 3.62. The van der Waals surface area contributed by atoms with Crippen LogP contribution in [0.5, 0.6) is 0 Å². The molecule has 2 N–H and O–H groups in total. The Kier molecular flexibility index (Phi) is 5.12. The van der Waals surface area contributed by atoms with Crippen LogP contribution in [0.4, 0.5) is 0 Å². The van der Waals surface area contributed by atoms with Gasteiger partial charge < -0.3 is 15.0 Å². The molecule has 0 radical (unpaired) electrons. The summed E-state index contributed by atoms with van der Waals surface area (Å²) >= 11 is 0. The number of nitrogens with one attached hydrogen (secondary N) is 1. The van der Waals surface area contributed by atoms with Gasteiger partial charge in [-0.3, -0.25) is 9.59 Å². The Morgan fingerprint density at radius 3 is 2.64 bits per heavy atom. The zero-order chi connectivity index (χ0) is 16.1. The van der Waals surface area contributed by atoms with Crippen LogP contribution < -0.4 is 10.7 Å². The van der Waals surface area contributed by atoms with E-state index in [1.165, 1.54) is 12.3 Å². The summed E-state index contributed by atoms with van der Waals surface area (Å²) in [5.74, 6) is -0.616. The van der Waals surface area contributed by atoms with Crippen LogP contribution in [-0.2, 0) is 7.05 Å². The van der Waals surface area contributed by atoms with E-state index in [9.17, 15) is 14.7 Å². The lowest BCUT2D eigenvalue weighted by Gasteiger charge is -2.15. The lowest BCUT2D eigenvalue weighted by atomic mass is 10.00. The molecule has 0 fully saturated rings. The number of nitrogens with zero attached hydrogens (tertiary/aromatic N) is 1. The van der Waals surface area contributed by atoms with Gasteiger partial charge in [-0.15, -0.1) is 0 Å². The fourth-order valence-electron chi connectivity index (χ4n) is 2.22. The highest BCUT2D eigenvalue weighted by Crippen LogP contribution is 2.13. The van der Waals surface area contributed by atoms with Crippen molar-refractivity contribution in [2.45, 2.75) is 12.8 Å². The number of hydrogen-bond donors (Lipinski definition) is 2. The number of carbonyl (C=O) groups is 1. The van der Waals surface area contributed by atoms with Gasteiger partial charge in [-0.2, -0.15) is 0 Å². The van der Waals surface area contributed by atoms with Crippen LogP contribution in [0.2, 0.25) is 0 Å². The largest absolute Gasteiger partial charge is 0.396 e. The molecule has 0 aliphatic rings. The molecule has 0 aliphatic heterocycles. The Morgan fingerprint density at radius 2 is 2.00 bits per heavy atom. The fourth-order valence-corrected chi connectivity index (χ4v) is 2.22. The van der Waals surface area contributed by atoms with Gasteiger partial charge in [0.05, 0.1) is 6.61 Å². The molecule has 0 bridgehead atoms. The van der Waals surface area contributed by atoms with E-state index in [-0.39, 0.29) is 30.1 Å². The molecule has 2 rings (SSSR count). The number of benzene rings is 1. The van der Waals surface area contributed by atoms with Crippen molar-refractivity contribution >= 4 is 5.91 Å². The highest BCUT2D eigenvalue weighted by Gasteiger charge is 2.15. The van der Waals surface area contributed by atoms with E-state index in [1.54, 1.807) is 18.5 Å². The Morgan fingerprint density at radius 1 is 1.32 bits per heavy atom. The molecular formula is C17H20N2O3. The monoisotopic (exact) mass is 300 g/mol. The smallest absolute Gasteiger partial charge is 0.256 e. The van der Waals surface area contributed by atoms with Crippen LogP contribution in [0.3, 0.4) is 0 Å². The van der Waals surface area contributed by atoms with E-state index in [0.29, 0.717) is 0 Å². The third-order valence-corrected chi connectivity index (χ3v) is 3.73. The summed E-state index contributed by atoms with van der Waals surface area (Å²) in [6, 6.07) is 10.9. The first-order valence-electron chi connectivity index (χ1n) is 7.14. The molecule has 0 aliphatic carbocycles. The lowest BCUT2D eigenvalue weighted by Crippen LogP contribution is -2.33. The highest BCUT2D eigenvalue weighted by molar-refractivity contribution is 5.93. The van der Waals surface area contributed by atoms with Crippen LogP contribution in [0.25, 0.3) is 0 Å². The molecule has 1 heterocycles. The van der Waals surface area contributed by atoms with Crippen molar-refractivity contribution in [2.75, 3.05) is 13.2 Å². The molecule has 0 spiro atoms. The molecule has 1 aromatic heterocycles. The standard InChI is InChI=1S/C17H20N2O3/c1-12-8-16(21)15(10-19(12)2)17(22)18-9-14(11-20)13-6-4-3-5-7-13/h3-8,10,14,20H,9,11H2,1-2H3,(H,18,22)/t14-/m1/s1. The SMILES string of the molecule is Cc1cc(=O)c(C(=O)NC[C@H](CO)c2ccccc2)cn1C. The van der Waals surface area contributed by atoms with Crippen LogP contribution in [-0.4, -0.2) is 28.7 Å². The summed E-state index contributed by atoms with van der Waals surface area (Å²) in [6.45, 7) is 2.01. The van der Waals surface area contributed by atoms with Gasteiger partial charge >= 0.3 is 0 Å². The average Bonchev–Trinajstić information content (AvgIpc) is 2.52. The maximum absolute atomic E-state index is 12.2. The van der Waals surface area contributed by atoms with Crippen LogP contribution >= 0.6 is 0 Å². The molecule has 5 heteroatoms. The number of carbonyl (C=O) groups excluding carboxylic acids is 1. The Labute approximate surface area is 129 Å². The van der Waals surface area contributed by atoms with Gasteiger partial charge in [-0.05, 0) is 12.5 Å². The molecule has 5 nitrogen and oxygen atoms in total. The van der Waals surface area contributed by atoms with E-state index in [4.69, 9.17) is 0 Å². The van der Waals surface area contributed by atoms with Crippen molar-refractivity contribution in [1.29, 1.82) is 0 Å². The first-order valence-corrected chi connectivity index (χ1v) is 7.14. The van der Waals surface area contributed by atoms with Gasteiger partial charge in [-0.25, -0.2) is 0 Å². The number of hydrogen-bond acceptors (Lipinski definition) is 3. The zero-order valence-corrected chi connectivity index (χ0v) is 12.7. The van der Waals surface area contributed by atoms with E-state index in [0.717, 1.165) is 11.3 Å². The van der Waals surface area contributed by atoms with E-state index in [1.807, 2.05) is 30.3 Å². The average molecular weight is 300 g/mol. The maximum Gasteiger partial charge on any atom is 0.256 e. The van der Waals surface area contributed by atoms with E-state index < -0.39 is 5.91 Å². The van der Waals surface area contributed by atoms with Crippen LogP contribution in [0, 0.1) is 6.92 Å². The number of aryl methyl sites for hydroxylation is 2. The van der Waals surface area contributed by atoms with Gasteiger partial charge in [0, 0.05) is 37.5 Å². The van der Waals surface area contributed by atoms with Gasteiger partial charge in [0.25, 0.3) is 5.91 Å². The van der Waals surface area contributed by atoms with Gasteiger partial charge in [0.15, 0.2) is 5.43 Å². The van der Waals surface area contributed by atoms with Crippen molar-refractivity contribution in [3.8, 4) is 0 Å². The van der Waals surface area contributed by atoms with Crippen molar-refractivity contribution in [2.24, 2.45) is 7.05 Å². The van der Waals surface area contributed by atoms with Crippen LogP contribution in [0.1, 0.15) is 27.5 Å². The maximum atomic E-state index is 12.2. The summed E-state index contributed by atoms with van der Waals surface area (Å²) in [5, 5.41) is 12.2. The first-order chi connectivity index (χ1) is 10.5. The highest BCUT2D eigenvalue weighted by atomic mass is 16.3. The second-order valence-corrected chi connectivity index (χ2v) is 5.30. The van der Waals surface area contributed by atoms with Gasteiger partial charge in [-0.1, -0.05) is 30.3 Å². The summed E-state index contributed by atoms with van der Waals surface area (Å²) in [4.78, 5) is 24.1. The molecule has 0 saturated carbocycles. The van der Waals surface area contributed by atoms with E-state index >= 15 is 0 Å². The van der Waals surface area contributed by atoms with Crippen molar-refractivity contribution < 1.29 is 9.90 Å². The van der Waals surface area contributed by atoms with Gasteiger partial charge in [0.2, 0.25) is 0 Å². The van der Waals surface area contributed by atoms with Crippen molar-refractivity contribution in [3.05, 3.63) is 69.6 Å². The summed E-state index contributed by atoms with van der Waals surface area (Å²) < 4.78 is 1.73. The molecule has 1 amide bonds. The lowest BCUT2D eigenvalue weighted by molar-refractivity contribution is 0.0946. The first kappa shape index (κ1) is 16.0. The minimum atomic E-state index is -0.421. The number of pyridine rings is 1. The summed E-state index contributed by atoms with van der Waals surface area (Å²) in [6.07, 6.45) is 1.53. The second kappa shape index (κ2) is 7.04. The van der Waals surface area contributed by atoms with Crippen molar-refractivity contribution in [3.63, 3.8) is 0 Å². The molecule has 1 atom stereocenters. The second-order valence-electron chi connectivity index (χ2n) is 5.30. The number of rotatable bonds is 5. The Balaban J connectivity index is 2.09. The van der Waals surface area contributed by atoms with Crippen LogP contribution in [0.15, 0.2) is 47.4 Å². The molecule has 0 saturated heterocycles. The van der Waals surface area contributed by atoms with E-state index in [2.05, 4.69) is 5.32 Å². The fraction of sp³-hybridized carbons (Fsp3) is 0.294. The Bertz CT molecular complexity index is 708. The predicted molar refractivity (Wildman–Crippen MR) is 85.0 cm³/mol. The summed E-state index contributed by atoms with van der Waals surface area (Å²) in [5.41, 5.74) is 1.55. The summed E-state index contributed by atoms with van der Waals surface area (Å²) in [7, 11) is 1.78. The zero-order valence-electron chi connectivity index (χ0n) is 12.7. The number of amides is 1. The predicted octanol–water partition coefficient (Wildman–Crippen LogP) is 1.20. The molecule has 0 unspecified atom stereocenters. The molecule has 1 aromatic carbocycles. The van der Waals surface area contributed by atoms with Gasteiger partial charge in [0.1, 0.15) is 5.56 Å². The number of aliphatic hydroxyl groups is 1. The molecule has 22 heavy (non-hydrogen) atoms. The molecule has 2 aromatic rings. The topological polar surface area (TPSA) is 71.3 Å². The third-order valence-electron chi connectivity index (χ3n) is 3.73. The normalized spacial score (nSPS) is 12.0. The molecular weight excluding hydrogens is 280 g/mol. The number of aromatic nitrogens is 1. The van der Waals surface area contributed by atoms with Crippen molar-refractivity contribution in [1.82, 2.24) is 9.88 Å². The Hall–Kier alpha value is -2.40. The number of aliphatic hydroxyl groups excluding tert-OH is 1.